The maximum Gasteiger partial charge on any atom is 0.312 e. The van der Waals surface area contributed by atoms with Crippen molar-refractivity contribution in [2.24, 2.45) is 5.92 Å². The van der Waals surface area contributed by atoms with Gasteiger partial charge in [0.25, 0.3) is 0 Å². The molecule has 7 heteroatoms. The van der Waals surface area contributed by atoms with Gasteiger partial charge in [0.1, 0.15) is 18.0 Å². The topological polar surface area (TPSA) is 91.9 Å². The van der Waals surface area contributed by atoms with Crippen LogP contribution in [-0.4, -0.2) is 59.8 Å². The summed E-state index contributed by atoms with van der Waals surface area (Å²) in [6.07, 6.45) is 2.90. The monoisotopic (exact) mass is 404 g/mol. The number of hydrogen-bond acceptors (Lipinski definition) is 5. The van der Waals surface area contributed by atoms with Gasteiger partial charge in [-0.25, -0.2) is 0 Å². The molecule has 1 atom stereocenters. The van der Waals surface area contributed by atoms with Gasteiger partial charge in [-0.15, -0.1) is 0 Å². The lowest BCUT2D eigenvalue weighted by molar-refractivity contribution is -0.161. The van der Waals surface area contributed by atoms with E-state index in [0.29, 0.717) is 5.75 Å². The van der Waals surface area contributed by atoms with Crippen LogP contribution in [-0.2, 0) is 20.7 Å². The number of benzene rings is 1. The molecule has 2 rings (SSSR count). The standard InChI is InChI=1S/C22H32N2O5/c1-22(2,3)29-21(27)16(9-10-19(25)26)14-28-18-8-6-7-17-20(18)15(13-23-17)11-12-24(4)5/h6-8,13,16,23H,9-12,14H2,1-5H3,(H,25,26). The summed E-state index contributed by atoms with van der Waals surface area (Å²) < 4.78 is 11.5. The number of rotatable bonds is 10. The number of carbonyl (C=O) groups excluding carboxylic acids is 1. The number of carbonyl (C=O) groups is 2. The fourth-order valence-corrected chi connectivity index (χ4v) is 3.02. The van der Waals surface area contributed by atoms with Gasteiger partial charge in [0.2, 0.25) is 0 Å². The predicted molar refractivity (Wildman–Crippen MR) is 112 cm³/mol. The van der Waals surface area contributed by atoms with Gasteiger partial charge in [0.05, 0.1) is 5.92 Å². The normalized spacial score (nSPS) is 12.9. The summed E-state index contributed by atoms with van der Waals surface area (Å²) in [7, 11) is 4.06. The highest BCUT2D eigenvalue weighted by atomic mass is 16.6. The molecule has 0 saturated carbocycles. The first-order valence-corrected chi connectivity index (χ1v) is 9.88. The molecule has 0 saturated heterocycles. The number of aromatic nitrogens is 1. The molecule has 29 heavy (non-hydrogen) atoms. The summed E-state index contributed by atoms with van der Waals surface area (Å²) in [5, 5.41) is 10.0. The van der Waals surface area contributed by atoms with Crippen molar-refractivity contribution < 1.29 is 24.2 Å². The second kappa shape index (κ2) is 9.78. The van der Waals surface area contributed by atoms with Crippen LogP contribution in [0.1, 0.15) is 39.2 Å². The van der Waals surface area contributed by atoms with E-state index in [1.54, 1.807) is 20.8 Å². The number of aromatic amines is 1. The van der Waals surface area contributed by atoms with Crippen molar-refractivity contribution in [1.29, 1.82) is 0 Å². The van der Waals surface area contributed by atoms with Crippen molar-refractivity contribution in [1.82, 2.24) is 9.88 Å². The molecule has 1 aromatic heterocycles. The second-order valence-electron chi connectivity index (χ2n) is 8.52. The van der Waals surface area contributed by atoms with E-state index in [9.17, 15) is 9.59 Å². The Kier molecular flexibility index (Phi) is 7.67. The number of carboxylic acid groups (broad SMARTS) is 1. The molecular formula is C22H32N2O5. The maximum absolute atomic E-state index is 12.5. The van der Waals surface area contributed by atoms with Gasteiger partial charge in [-0.05, 0) is 65.4 Å². The highest BCUT2D eigenvalue weighted by Gasteiger charge is 2.27. The Morgan fingerprint density at radius 3 is 2.59 bits per heavy atom. The van der Waals surface area contributed by atoms with Gasteiger partial charge >= 0.3 is 11.9 Å². The Morgan fingerprint density at radius 1 is 1.24 bits per heavy atom. The first kappa shape index (κ1) is 22.7. The van der Waals surface area contributed by atoms with Crippen LogP contribution in [0.4, 0.5) is 0 Å². The van der Waals surface area contributed by atoms with Crippen LogP contribution in [0, 0.1) is 5.92 Å². The molecule has 0 aliphatic carbocycles. The molecule has 0 fully saturated rings. The van der Waals surface area contributed by atoms with Crippen LogP contribution in [0.3, 0.4) is 0 Å². The zero-order chi connectivity index (χ0) is 21.6. The van der Waals surface area contributed by atoms with Crippen LogP contribution < -0.4 is 4.74 Å². The van der Waals surface area contributed by atoms with Crippen LogP contribution in [0.2, 0.25) is 0 Å². The van der Waals surface area contributed by atoms with E-state index >= 15 is 0 Å². The largest absolute Gasteiger partial charge is 0.492 e. The first-order chi connectivity index (χ1) is 13.6. The SMILES string of the molecule is CN(C)CCc1c[nH]c2cccc(OCC(CCC(=O)O)C(=O)OC(C)(C)C)c12. The van der Waals surface area contributed by atoms with Crippen molar-refractivity contribution in [3.63, 3.8) is 0 Å². The van der Waals surface area contributed by atoms with Gasteiger partial charge in [-0.1, -0.05) is 6.07 Å². The minimum Gasteiger partial charge on any atom is -0.492 e. The smallest absolute Gasteiger partial charge is 0.312 e. The van der Waals surface area contributed by atoms with Crippen LogP contribution in [0.5, 0.6) is 5.75 Å². The molecule has 7 nitrogen and oxygen atoms in total. The molecule has 0 aliphatic rings. The summed E-state index contributed by atoms with van der Waals surface area (Å²) in [4.78, 5) is 28.9. The molecule has 0 radical (unpaired) electrons. The van der Waals surface area contributed by atoms with E-state index in [2.05, 4.69) is 9.88 Å². The van der Waals surface area contributed by atoms with Crippen LogP contribution >= 0.6 is 0 Å². The molecular weight excluding hydrogens is 372 g/mol. The summed E-state index contributed by atoms with van der Waals surface area (Å²) in [6.45, 7) is 6.34. The van der Waals surface area contributed by atoms with E-state index in [4.69, 9.17) is 14.6 Å². The highest BCUT2D eigenvalue weighted by molar-refractivity contribution is 5.89. The van der Waals surface area contributed by atoms with Crippen molar-refractivity contribution in [3.8, 4) is 5.75 Å². The van der Waals surface area contributed by atoms with E-state index < -0.39 is 23.5 Å². The number of ether oxygens (including phenoxy) is 2. The van der Waals surface area contributed by atoms with Crippen molar-refractivity contribution in [3.05, 3.63) is 30.0 Å². The Balaban J connectivity index is 2.18. The number of nitrogens with zero attached hydrogens (tertiary/aromatic N) is 1. The number of hydrogen-bond donors (Lipinski definition) is 2. The molecule has 1 aromatic carbocycles. The number of fused-ring (bicyclic) bond motifs is 1. The fraction of sp³-hybridized carbons (Fsp3) is 0.545. The number of esters is 1. The third-order valence-corrected chi connectivity index (χ3v) is 4.46. The van der Waals surface area contributed by atoms with E-state index in [-0.39, 0.29) is 19.4 Å². The number of H-pyrrole nitrogens is 1. The minimum absolute atomic E-state index is 0.0691. The van der Waals surface area contributed by atoms with E-state index in [1.165, 1.54) is 0 Å². The molecule has 0 spiro atoms. The average molecular weight is 405 g/mol. The minimum atomic E-state index is -0.947. The molecule has 1 unspecified atom stereocenters. The van der Waals surface area contributed by atoms with Gasteiger partial charge in [0.15, 0.2) is 0 Å². The molecule has 0 amide bonds. The van der Waals surface area contributed by atoms with Gasteiger partial charge < -0.3 is 24.5 Å². The average Bonchev–Trinajstić information content (AvgIpc) is 3.02. The summed E-state index contributed by atoms with van der Waals surface area (Å²) in [5.74, 6) is -1.35. The first-order valence-electron chi connectivity index (χ1n) is 9.88. The molecule has 160 valence electrons. The van der Waals surface area contributed by atoms with E-state index in [0.717, 1.165) is 29.4 Å². The van der Waals surface area contributed by atoms with Gasteiger partial charge in [0, 0.05) is 30.1 Å². The summed E-state index contributed by atoms with van der Waals surface area (Å²) in [6, 6.07) is 5.75. The van der Waals surface area contributed by atoms with Crippen molar-refractivity contribution in [2.75, 3.05) is 27.2 Å². The third-order valence-electron chi connectivity index (χ3n) is 4.46. The summed E-state index contributed by atoms with van der Waals surface area (Å²) in [5.41, 5.74) is 1.47. The molecule has 0 aliphatic heterocycles. The Morgan fingerprint density at radius 2 is 1.97 bits per heavy atom. The van der Waals surface area contributed by atoms with Gasteiger partial charge in [-0.2, -0.15) is 0 Å². The van der Waals surface area contributed by atoms with Gasteiger partial charge in [-0.3, -0.25) is 9.59 Å². The zero-order valence-electron chi connectivity index (χ0n) is 17.9. The lowest BCUT2D eigenvalue weighted by Crippen LogP contribution is -2.32. The number of carboxylic acids is 1. The quantitative estimate of drug-likeness (QED) is 0.589. The molecule has 1 heterocycles. The number of aliphatic carboxylic acids is 1. The highest BCUT2D eigenvalue weighted by Crippen LogP contribution is 2.30. The fourth-order valence-electron chi connectivity index (χ4n) is 3.02. The van der Waals surface area contributed by atoms with Crippen molar-refractivity contribution >= 4 is 22.8 Å². The van der Waals surface area contributed by atoms with Crippen LogP contribution in [0.25, 0.3) is 10.9 Å². The van der Waals surface area contributed by atoms with Crippen LogP contribution in [0.15, 0.2) is 24.4 Å². The molecule has 2 N–H and O–H groups in total. The number of nitrogens with one attached hydrogen (secondary N) is 1. The molecule has 0 bridgehead atoms. The Bertz CT molecular complexity index is 835. The molecule has 2 aromatic rings. The lowest BCUT2D eigenvalue weighted by atomic mass is 10.0. The number of likely N-dealkylation sites (N-methyl/N-ethyl adjacent to an activating group) is 1. The second-order valence-corrected chi connectivity index (χ2v) is 8.52. The maximum atomic E-state index is 12.5. The zero-order valence-corrected chi connectivity index (χ0v) is 17.9. The van der Waals surface area contributed by atoms with E-state index in [1.807, 2.05) is 38.5 Å². The predicted octanol–water partition coefficient (Wildman–Crippen LogP) is 3.47. The lowest BCUT2D eigenvalue weighted by Gasteiger charge is -2.24. The Labute approximate surface area is 172 Å². The summed E-state index contributed by atoms with van der Waals surface area (Å²) >= 11 is 0. The third kappa shape index (κ3) is 7.09. The Hall–Kier alpha value is -2.54. The van der Waals surface area contributed by atoms with Crippen molar-refractivity contribution in [2.45, 2.75) is 45.6 Å².